The molecule has 0 saturated heterocycles. The Hall–Kier alpha value is -2.28. The fourth-order valence-corrected chi connectivity index (χ4v) is 8.97. The van der Waals surface area contributed by atoms with E-state index in [2.05, 4.69) is 20.8 Å². The Kier molecular flexibility index (Phi) is 10.5. The highest BCUT2D eigenvalue weighted by Crippen LogP contribution is 2.68. The standard InChI is InChI=1S/C35H52O7/c1-5-7-9-11-13-30(39)41-23-29(38)35(42-31(40)14-12-10-8-6-2)20-18-27-26-16-15-24-21-25(36)17-19-33(24,3)32(26)28(37)22-34(27,35)4/h17,19,21,26-28,32,37H,5-16,18,20,22-23H2,1-4H3. The Balaban J connectivity index is 1.58. The number of Topliss-reactive ketones (excluding diaryl/α,β-unsaturated/α-hetero) is 1. The van der Waals surface area contributed by atoms with Crippen LogP contribution >= 0.6 is 0 Å². The second-order valence-corrected chi connectivity index (χ2v) is 13.8. The van der Waals surface area contributed by atoms with Crippen LogP contribution in [-0.4, -0.2) is 46.9 Å². The first-order valence-electron chi connectivity index (χ1n) is 16.6. The van der Waals surface area contributed by atoms with Crippen LogP contribution in [0, 0.1) is 28.6 Å². The minimum absolute atomic E-state index is 0.00713. The number of unbranched alkanes of at least 4 members (excludes halogenated alkanes) is 6. The SMILES string of the molecule is CCCCCCC(=O)OCC(=O)C1(OC(=O)CCCCCC)CCC2C3CCC4=CC(=O)C=CC4(C)C3C(O)CC21C. The van der Waals surface area contributed by atoms with Gasteiger partial charge in [-0.25, -0.2) is 0 Å². The molecule has 234 valence electrons. The van der Waals surface area contributed by atoms with Crippen molar-refractivity contribution in [1.29, 1.82) is 0 Å². The van der Waals surface area contributed by atoms with Gasteiger partial charge in [0, 0.05) is 29.6 Å². The normalized spacial score (nSPS) is 35.1. The van der Waals surface area contributed by atoms with Crippen molar-refractivity contribution in [1.82, 2.24) is 0 Å². The van der Waals surface area contributed by atoms with Crippen LogP contribution in [0.1, 0.15) is 124 Å². The van der Waals surface area contributed by atoms with Crippen molar-refractivity contribution in [3.05, 3.63) is 23.8 Å². The number of rotatable bonds is 14. The van der Waals surface area contributed by atoms with Gasteiger partial charge in [-0.15, -0.1) is 0 Å². The molecule has 42 heavy (non-hydrogen) atoms. The summed E-state index contributed by atoms with van der Waals surface area (Å²) >= 11 is 0. The molecule has 0 aromatic rings. The molecule has 4 aliphatic carbocycles. The first-order valence-corrected chi connectivity index (χ1v) is 16.6. The Labute approximate surface area is 251 Å². The molecule has 0 bridgehead atoms. The lowest BCUT2D eigenvalue weighted by Crippen LogP contribution is -2.63. The molecule has 0 aromatic heterocycles. The number of ether oxygens (including phenoxy) is 2. The Morgan fingerprint density at radius 2 is 1.62 bits per heavy atom. The molecule has 0 spiro atoms. The molecule has 0 aliphatic heterocycles. The van der Waals surface area contributed by atoms with Gasteiger partial charge in [0.05, 0.1) is 6.10 Å². The first kappa shape index (κ1) is 32.6. The lowest BCUT2D eigenvalue weighted by molar-refractivity contribution is -0.201. The van der Waals surface area contributed by atoms with Crippen LogP contribution in [0.15, 0.2) is 23.8 Å². The summed E-state index contributed by atoms with van der Waals surface area (Å²) in [7, 11) is 0. The number of hydrogen-bond donors (Lipinski definition) is 1. The van der Waals surface area contributed by atoms with Crippen LogP contribution in [0.5, 0.6) is 0 Å². The monoisotopic (exact) mass is 584 g/mol. The van der Waals surface area contributed by atoms with Crippen molar-refractivity contribution in [2.75, 3.05) is 6.61 Å². The van der Waals surface area contributed by atoms with E-state index in [1.54, 1.807) is 12.2 Å². The van der Waals surface area contributed by atoms with Gasteiger partial charge in [0.1, 0.15) is 0 Å². The van der Waals surface area contributed by atoms with Gasteiger partial charge in [-0.05, 0) is 68.9 Å². The van der Waals surface area contributed by atoms with E-state index in [-0.39, 0.29) is 42.2 Å². The smallest absolute Gasteiger partial charge is 0.306 e. The fraction of sp³-hybridized carbons (Fsp3) is 0.771. The Morgan fingerprint density at radius 1 is 0.952 bits per heavy atom. The van der Waals surface area contributed by atoms with Crippen LogP contribution in [0.2, 0.25) is 0 Å². The van der Waals surface area contributed by atoms with E-state index in [1.807, 2.05) is 13.0 Å². The van der Waals surface area contributed by atoms with Gasteiger partial charge < -0.3 is 14.6 Å². The van der Waals surface area contributed by atoms with Gasteiger partial charge in [0.25, 0.3) is 0 Å². The van der Waals surface area contributed by atoms with Gasteiger partial charge in [-0.2, -0.15) is 0 Å². The summed E-state index contributed by atoms with van der Waals surface area (Å²) < 4.78 is 11.8. The number of carbonyl (C=O) groups excluding carboxylic acids is 4. The van der Waals surface area contributed by atoms with Crippen LogP contribution in [0.3, 0.4) is 0 Å². The summed E-state index contributed by atoms with van der Waals surface area (Å²) in [5.74, 6) is -1.09. The maximum atomic E-state index is 14.1. The van der Waals surface area contributed by atoms with E-state index >= 15 is 0 Å². The van der Waals surface area contributed by atoms with Crippen molar-refractivity contribution in [2.45, 2.75) is 136 Å². The first-order chi connectivity index (χ1) is 20.0. The zero-order valence-corrected chi connectivity index (χ0v) is 26.3. The number of esters is 2. The number of carbonyl (C=O) groups is 4. The van der Waals surface area contributed by atoms with Crippen molar-refractivity contribution >= 4 is 23.5 Å². The van der Waals surface area contributed by atoms with Gasteiger partial charge in [-0.3, -0.25) is 19.2 Å². The predicted octanol–water partition coefficient (Wildman–Crippen LogP) is 6.60. The number of ketones is 2. The third kappa shape index (κ3) is 6.18. The number of hydrogen-bond acceptors (Lipinski definition) is 7. The highest BCUT2D eigenvalue weighted by atomic mass is 16.6. The molecule has 3 saturated carbocycles. The van der Waals surface area contributed by atoms with Crippen molar-refractivity contribution in [2.24, 2.45) is 28.6 Å². The van der Waals surface area contributed by atoms with E-state index in [9.17, 15) is 24.3 Å². The van der Waals surface area contributed by atoms with Crippen LogP contribution in [0.4, 0.5) is 0 Å². The van der Waals surface area contributed by atoms with Crippen LogP contribution in [-0.2, 0) is 28.7 Å². The molecule has 4 rings (SSSR count). The van der Waals surface area contributed by atoms with Crippen molar-refractivity contribution in [3.63, 3.8) is 0 Å². The maximum absolute atomic E-state index is 14.1. The molecule has 7 nitrogen and oxygen atoms in total. The van der Waals surface area contributed by atoms with Gasteiger partial charge >= 0.3 is 11.9 Å². The molecule has 4 aliphatic rings. The predicted molar refractivity (Wildman–Crippen MR) is 160 cm³/mol. The third-order valence-electron chi connectivity index (χ3n) is 11.2. The molecule has 1 N–H and O–H groups in total. The van der Waals surface area contributed by atoms with E-state index < -0.39 is 41.1 Å². The zero-order chi connectivity index (χ0) is 30.5. The second-order valence-electron chi connectivity index (χ2n) is 13.8. The molecular formula is C35H52O7. The second kappa shape index (κ2) is 13.6. The van der Waals surface area contributed by atoms with E-state index in [4.69, 9.17) is 9.47 Å². The van der Waals surface area contributed by atoms with Crippen molar-refractivity contribution in [3.8, 4) is 0 Å². The van der Waals surface area contributed by atoms with Gasteiger partial charge in [-0.1, -0.05) is 77.9 Å². The average molecular weight is 585 g/mol. The lowest BCUT2D eigenvalue weighted by atomic mass is 9.46. The Morgan fingerprint density at radius 3 is 2.29 bits per heavy atom. The fourth-order valence-electron chi connectivity index (χ4n) is 8.97. The summed E-state index contributed by atoms with van der Waals surface area (Å²) in [6, 6.07) is 0. The molecule has 0 heterocycles. The molecule has 7 atom stereocenters. The number of aliphatic hydroxyl groups is 1. The minimum atomic E-state index is -1.44. The van der Waals surface area contributed by atoms with E-state index in [0.29, 0.717) is 25.7 Å². The highest BCUT2D eigenvalue weighted by Gasteiger charge is 2.70. The summed E-state index contributed by atoms with van der Waals surface area (Å²) in [5.41, 5.74) is -1.58. The minimum Gasteiger partial charge on any atom is -0.457 e. The highest BCUT2D eigenvalue weighted by molar-refractivity contribution is 6.01. The molecule has 0 radical (unpaired) electrons. The summed E-state index contributed by atoms with van der Waals surface area (Å²) in [5, 5.41) is 11.8. The summed E-state index contributed by atoms with van der Waals surface area (Å²) in [6.45, 7) is 7.93. The quantitative estimate of drug-likeness (QED) is 0.181. The summed E-state index contributed by atoms with van der Waals surface area (Å²) in [4.78, 5) is 52.0. The maximum Gasteiger partial charge on any atom is 0.306 e. The lowest BCUT2D eigenvalue weighted by Gasteiger charge is -2.59. The molecular weight excluding hydrogens is 532 g/mol. The molecule has 3 fully saturated rings. The average Bonchev–Trinajstić information content (AvgIpc) is 3.24. The Bertz CT molecular complexity index is 1090. The van der Waals surface area contributed by atoms with Crippen LogP contribution < -0.4 is 0 Å². The van der Waals surface area contributed by atoms with E-state index in [1.165, 1.54) is 0 Å². The van der Waals surface area contributed by atoms with Crippen molar-refractivity contribution < 1.29 is 33.8 Å². The van der Waals surface area contributed by atoms with Gasteiger partial charge in [0.15, 0.2) is 18.0 Å². The van der Waals surface area contributed by atoms with Crippen LogP contribution in [0.25, 0.3) is 0 Å². The summed E-state index contributed by atoms with van der Waals surface area (Å²) in [6.07, 6.45) is 15.6. The molecule has 7 heteroatoms. The topological polar surface area (TPSA) is 107 Å². The third-order valence-corrected chi connectivity index (χ3v) is 11.2. The number of aliphatic hydroxyl groups excluding tert-OH is 1. The zero-order valence-electron chi connectivity index (χ0n) is 26.3. The molecule has 0 amide bonds. The molecule has 7 unspecified atom stereocenters. The number of fused-ring (bicyclic) bond motifs is 5. The molecule has 0 aromatic carbocycles. The van der Waals surface area contributed by atoms with E-state index in [0.717, 1.165) is 63.4 Å². The largest absolute Gasteiger partial charge is 0.457 e. The van der Waals surface area contributed by atoms with Gasteiger partial charge in [0.2, 0.25) is 5.78 Å². The number of allylic oxidation sites excluding steroid dienone is 4.